The Balaban J connectivity index is 1.83. The standard InChI is InChI=1S/C22H28F6N2O3/c1-33-10-6-19(31)3-2-7-30-8-4-15(5-9-30)14-29-20(32)16-11-17(21(23,24)25)13-18(12-16)22(26,27)28/h11-13,15H,2-10,14H2,1H3,(H,29,32). The molecule has 2 rings (SSSR count). The average molecular weight is 482 g/mol. The van der Waals surface area contributed by atoms with Crippen molar-refractivity contribution in [2.75, 3.05) is 39.9 Å². The van der Waals surface area contributed by atoms with Crippen molar-refractivity contribution in [3.63, 3.8) is 0 Å². The Morgan fingerprint density at radius 2 is 1.58 bits per heavy atom. The fourth-order valence-corrected chi connectivity index (χ4v) is 3.68. The van der Waals surface area contributed by atoms with Crippen molar-refractivity contribution >= 4 is 11.7 Å². The number of ketones is 1. The second kappa shape index (κ2) is 11.8. The molecule has 1 aromatic carbocycles. The van der Waals surface area contributed by atoms with Crippen LogP contribution < -0.4 is 5.32 Å². The maximum absolute atomic E-state index is 13.0. The lowest BCUT2D eigenvalue weighted by atomic mass is 9.96. The first kappa shape index (κ1) is 27.1. The predicted molar refractivity (Wildman–Crippen MR) is 109 cm³/mol. The molecule has 0 atom stereocenters. The predicted octanol–water partition coefficient (Wildman–Crippen LogP) is 4.55. The van der Waals surface area contributed by atoms with E-state index in [0.717, 1.165) is 38.9 Å². The molecule has 33 heavy (non-hydrogen) atoms. The molecule has 1 saturated heterocycles. The van der Waals surface area contributed by atoms with Crippen molar-refractivity contribution in [3.8, 4) is 0 Å². The lowest BCUT2D eigenvalue weighted by Crippen LogP contribution is -2.39. The van der Waals surface area contributed by atoms with Crippen LogP contribution in [0, 0.1) is 5.92 Å². The highest BCUT2D eigenvalue weighted by atomic mass is 19.4. The molecule has 5 nitrogen and oxygen atoms in total. The van der Waals surface area contributed by atoms with Gasteiger partial charge in [-0.3, -0.25) is 9.59 Å². The summed E-state index contributed by atoms with van der Waals surface area (Å²) in [6, 6.07) is 0.861. The van der Waals surface area contributed by atoms with Gasteiger partial charge in [-0.05, 0) is 63.0 Å². The van der Waals surface area contributed by atoms with Crippen LogP contribution in [0.4, 0.5) is 26.3 Å². The molecular weight excluding hydrogens is 454 g/mol. The van der Waals surface area contributed by atoms with Crippen LogP contribution in [-0.2, 0) is 21.9 Å². The summed E-state index contributed by atoms with van der Waals surface area (Å²) in [4.78, 5) is 26.1. The molecular formula is C22H28F6N2O3. The van der Waals surface area contributed by atoms with Gasteiger partial charge < -0.3 is 15.0 Å². The molecule has 186 valence electrons. The van der Waals surface area contributed by atoms with Crippen LogP contribution in [0.3, 0.4) is 0 Å². The van der Waals surface area contributed by atoms with E-state index in [0.29, 0.717) is 31.6 Å². The number of carbonyl (C=O) groups is 2. The molecule has 1 heterocycles. The van der Waals surface area contributed by atoms with Gasteiger partial charge in [-0.25, -0.2) is 0 Å². The molecule has 0 aromatic heterocycles. The largest absolute Gasteiger partial charge is 0.416 e. The third-order valence-electron chi connectivity index (χ3n) is 5.62. The van der Waals surface area contributed by atoms with E-state index in [9.17, 15) is 35.9 Å². The summed E-state index contributed by atoms with van der Waals surface area (Å²) in [6.45, 7) is 2.83. The number of ether oxygens (including phenoxy) is 1. The van der Waals surface area contributed by atoms with Crippen LogP contribution in [0.25, 0.3) is 0 Å². The Morgan fingerprint density at radius 1 is 1.00 bits per heavy atom. The number of halogens is 6. The second-order valence-electron chi connectivity index (χ2n) is 8.17. The van der Waals surface area contributed by atoms with E-state index in [1.54, 1.807) is 7.11 Å². The molecule has 0 radical (unpaired) electrons. The molecule has 1 aromatic rings. The smallest absolute Gasteiger partial charge is 0.384 e. The van der Waals surface area contributed by atoms with Gasteiger partial charge in [-0.15, -0.1) is 0 Å². The van der Waals surface area contributed by atoms with Gasteiger partial charge in [0.2, 0.25) is 0 Å². The van der Waals surface area contributed by atoms with E-state index in [1.165, 1.54) is 0 Å². The minimum absolute atomic E-state index is 0.00233. The van der Waals surface area contributed by atoms with E-state index >= 15 is 0 Å². The lowest BCUT2D eigenvalue weighted by molar-refractivity contribution is -0.143. The van der Waals surface area contributed by atoms with Crippen LogP contribution in [0.15, 0.2) is 18.2 Å². The number of hydrogen-bond acceptors (Lipinski definition) is 4. The summed E-state index contributed by atoms with van der Waals surface area (Å²) in [6.07, 6.45) is -6.93. The molecule has 1 N–H and O–H groups in total. The molecule has 11 heteroatoms. The van der Waals surface area contributed by atoms with Gasteiger partial charge in [0.25, 0.3) is 5.91 Å². The van der Waals surface area contributed by atoms with Crippen LogP contribution in [0.1, 0.15) is 53.6 Å². The highest BCUT2D eigenvalue weighted by molar-refractivity contribution is 5.94. The fourth-order valence-electron chi connectivity index (χ4n) is 3.68. The van der Waals surface area contributed by atoms with Crippen molar-refractivity contribution in [2.24, 2.45) is 5.92 Å². The number of nitrogens with zero attached hydrogens (tertiary/aromatic N) is 1. The molecule has 0 spiro atoms. The summed E-state index contributed by atoms with van der Waals surface area (Å²) in [5.41, 5.74) is -3.71. The maximum atomic E-state index is 13.0. The number of methoxy groups -OCH3 is 1. The SMILES string of the molecule is COCCC(=O)CCCN1CCC(CNC(=O)c2cc(C(F)(F)F)cc(C(F)(F)F)c2)CC1. The summed E-state index contributed by atoms with van der Waals surface area (Å²) in [5.74, 6) is -0.747. The number of hydrogen-bond donors (Lipinski definition) is 1. The minimum atomic E-state index is -5.00. The van der Waals surface area contributed by atoms with E-state index in [1.807, 2.05) is 0 Å². The topological polar surface area (TPSA) is 58.6 Å². The third kappa shape index (κ3) is 8.96. The van der Waals surface area contributed by atoms with E-state index in [2.05, 4.69) is 10.2 Å². The normalized spacial score (nSPS) is 16.1. The first-order valence-electron chi connectivity index (χ1n) is 10.7. The lowest BCUT2D eigenvalue weighted by Gasteiger charge is -2.32. The number of likely N-dealkylation sites (tertiary alicyclic amines) is 1. The number of alkyl halides is 6. The summed E-state index contributed by atoms with van der Waals surface area (Å²) >= 11 is 0. The molecule has 1 aliphatic heterocycles. The van der Waals surface area contributed by atoms with Crippen LogP contribution in [0.2, 0.25) is 0 Å². The number of rotatable bonds is 10. The number of amides is 1. The number of carbonyl (C=O) groups excluding carboxylic acids is 2. The molecule has 0 saturated carbocycles. The summed E-state index contributed by atoms with van der Waals surface area (Å²) in [5, 5.41) is 2.47. The Labute approximate surface area is 188 Å². The monoisotopic (exact) mass is 482 g/mol. The minimum Gasteiger partial charge on any atom is -0.384 e. The Hall–Kier alpha value is -2.14. The quantitative estimate of drug-likeness (QED) is 0.497. The summed E-state index contributed by atoms with van der Waals surface area (Å²) in [7, 11) is 1.54. The number of nitrogens with one attached hydrogen (secondary N) is 1. The van der Waals surface area contributed by atoms with Gasteiger partial charge in [0.05, 0.1) is 17.7 Å². The van der Waals surface area contributed by atoms with Gasteiger partial charge in [-0.2, -0.15) is 26.3 Å². The molecule has 0 bridgehead atoms. The highest BCUT2D eigenvalue weighted by Crippen LogP contribution is 2.36. The molecule has 0 aliphatic carbocycles. The highest BCUT2D eigenvalue weighted by Gasteiger charge is 2.37. The van der Waals surface area contributed by atoms with Crippen LogP contribution in [-0.4, -0.2) is 56.5 Å². The molecule has 1 amide bonds. The van der Waals surface area contributed by atoms with Gasteiger partial charge >= 0.3 is 12.4 Å². The van der Waals surface area contributed by atoms with Crippen molar-refractivity contribution in [1.29, 1.82) is 0 Å². The van der Waals surface area contributed by atoms with E-state index < -0.39 is 35.0 Å². The van der Waals surface area contributed by atoms with Crippen molar-refractivity contribution < 1.29 is 40.7 Å². The maximum Gasteiger partial charge on any atom is 0.416 e. The van der Waals surface area contributed by atoms with E-state index in [-0.39, 0.29) is 24.3 Å². The number of benzene rings is 1. The van der Waals surface area contributed by atoms with Gasteiger partial charge in [0.15, 0.2) is 0 Å². The van der Waals surface area contributed by atoms with E-state index in [4.69, 9.17) is 4.74 Å². The second-order valence-corrected chi connectivity index (χ2v) is 8.17. The molecule has 1 fully saturated rings. The van der Waals surface area contributed by atoms with Crippen molar-refractivity contribution in [1.82, 2.24) is 10.2 Å². The van der Waals surface area contributed by atoms with Crippen LogP contribution >= 0.6 is 0 Å². The zero-order valence-corrected chi connectivity index (χ0v) is 18.3. The summed E-state index contributed by atoms with van der Waals surface area (Å²) < 4.78 is 82.7. The van der Waals surface area contributed by atoms with Crippen molar-refractivity contribution in [2.45, 2.75) is 44.5 Å². The number of Topliss-reactive ketones (excluding diaryl/α,β-unsaturated/α-hetero) is 1. The average Bonchev–Trinajstić information content (AvgIpc) is 2.75. The zero-order valence-electron chi connectivity index (χ0n) is 18.3. The van der Waals surface area contributed by atoms with Gasteiger partial charge in [-0.1, -0.05) is 0 Å². The zero-order chi connectivity index (χ0) is 24.6. The fraction of sp³-hybridized carbons (Fsp3) is 0.636. The number of piperidine rings is 1. The third-order valence-corrected chi connectivity index (χ3v) is 5.62. The first-order chi connectivity index (χ1) is 15.4. The molecule has 0 unspecified atom stereocenters. The Bertz CT molecular complexity index is 770. The van der Waals surface area contributed by atoms with Crippen molar-refractivity contribution in [3.05, 3.63) is 34.9 Å². The Morgan fingerprint density at radius 3 is 2.09 bits per heavy atom. The Kier molecular flexibility index (Phi) is 9.71. The van der Waals surface area contributed by atoms with Crippen LogP contribution in [0.5, 0.6) is 0 Å². The first-order valence-corrected chi connectivity index (χ1v) is 10.7. The molecule has 1 aliphatic rings. The van der Waals surface area contributed by atoms with Gasteiger partial charge in [0, 0.05) is 32.1 Å². The van der Waals surface area contributed by atoms with Gasteiger partial charge in [0.1, 0.15) is 5.78 Å².